The third-order valence-electron chi connectivity index (χ3n) is 3.97. The van der Waals surface area contributed by atoms with Crippen molar-refractivity contribution >= 4 is 10.9 Å². The highest BCUT2D eigenvalue weighted by Crippen LogP contribution is 2.26. The zero-order chi connectivity index (χ0) is 14.9. The van der Waals surface area contributed by atoms with Gasteiger partial charge in [0.2, 0.25) is 0 Å². The normalized spacial score (nSPS) is 12.3. The number of benzene rings is 1. The van der Waals surface area contributed by atoms with Crippen LogP contribution in [0.4, 0.5) is 0 Å². The number of nitrogens with zero attached hydrogens (tertiary/aromatic N) is 1. The summed E-state index contributed by atoms with van der Waals surface area (Å²) in [5.74, 6) is 0.551. The molecule has 2 nitrogen and oxygen atoms in total. The molecule has 0 fully saturated rings. The van der Waals surface area contributed by atoms with E-state index in [9.17, 15) is 0 Å². The molecule has 2 heteroatoms. The Morgan fingerprint density at radius 2 is 1.90 bits per heavy atom. The molecule has 1 aromatic heterocycles. The number of rotatable bonds is 4. The molecule has 2 aromatic rings. The minimum atomic E-state index is 0.102. The van der Waals surface area contributed by atoms with Gasteiger partial charge in [0.25, 0.3) is 0 Å². The van der Waals surface area contributed by atoms with Gasteiger partial charge in [0.05, 0.1) is 5.52 Å². The monoisotopic (exact) mass is 270 g/mol. The molecule has 1 heterocycles. The molecule has 0 bridgehead atoms. The molecule has 0 aliphatic carbocycles. The summed E-state index contributed by atoms with van der Waals surface area (Å²) in [7, 11) is 0. The molecule has 0 saturated heterocycles. The number of nitrogens with two attached hydrogens (primary N) is 1. The predicted molar refractivity (Wildman–Crippen MR) is 87.1 cm³/mol. The van der Waals surface area contributed by atoms with Crippen LogP contribution in [0.25, 0.3) is 10.9 Å². The van der Waals surface area contributed by atoms with Crippen molar-refractivity contribution in [3.8, 4) is 0 Å². The molecular weight excluding hydrogens is 244 g/mol. The highest BCUT2D eigenvalue weighted by Gasteiger charge is 2.18. The third-order valence-corrected chi connectivity index (χ3v) is 3.97. The molecular formula is C18H26N2. The Balaban J connectivity index is 2.46. The molecule has 2 rings (SSSR count). The summed E-state index contributed by atoms with van der Waals surface area (Å²) in [6.07, 6.45) is 0.923. The molecule has 20 heavy (non-hydrogen) atoms. The van der Waals surface area contributed by atoms with E-state index in [0.717, 1.165) is 17.6 Å². The van der Waals surface area contributed by atoms with Crippen molar-refractivity contribution < 1.29 is 0 Å². The van der Waals surface area contributed by atoms with Crippen molar-refractivity contribution in [1.29, 1.82) is 0 Å². The lowest BCUT2D eigenvalue weighted by molar-refractivity contribution is 0.373. The molecule has 0 unspecified atom stereocenters. The number of aryl methyl sites for hydroxylation is 1. The first-order valence-corrected chi connectivity index (χ1v) is 7.42. The van der Waals surface area contributed by atoms with Crippen LogP contribution in [-0.2, 0) is 6.42 Å². The minimum Gasteiger partial charge on any atom is -0.330 e. The molecule has 2 N–H and O–H groups in total. The number of hydrogen-bond donors (Lipinski definition) is 1. The van der Waals surface area contributed by atoms with Gasteiger partial charge in [-0.25, -0.2) is 0 Å². The van der Waals surface area contributed by atoms with Gasteiger partial charge in [0, 0.05) is 11.1 Å². The zero-order valence-corrected chi connectivity index (χ0v) is 13.3. The molecule has 0 aliphatic heterocycles. The molecule has 108 valence electrons. The molecule has 0 spiro atoms. The maximum atomic E-state index is 5.83. The second-order valence-electron chi connectivity index (χ2n) is 6.91. The largest absolute Gasteiger partial charge is 0.330 e. The first-order valence-electron chi connectivity index (χ1n) is 7.42. The Labute approximate surface area is 122 Å². The zero-order valence-electron chi connectivity index (χ0n) is 13.3. The smallest absolute Gasteiger partial charge is 0.0708 e. The van der Waals surface area contributed by atoms with Crippen LogP contribution < -0.4 is 5.73 Å². The minimum absolute atomic E-state index is 0.102. The van der Waals surface area contributed by atoms with Crippen molar-refractivity contribution in [2.24, 2.45) is 11.1 Å². The van der Waals surface area contributed by atoms with Crippen molar-refractivity contribution in [3.05, 3.63) is 41.1 Å². The molecule has 0 atom stereocenters. The van der Waals surface area contributed by atoms with Crippen LogP contribution in [0.2, 0.25) is 0 Å². The highest BCUT2D eigenvalue weighted by molar-refractivity contribution is 5.83. The van der Waals surface area contributed by atoms with Crippen molar-refractivity contribution in [2.75, 3.05) is 6.54 Å². The third kappa shape index (κ3) is 3.18. The second kappa shape index (κ2) is 5.53. The van der Waals surface area contributed by atoms with Crippen LogP contribution in [-0.4, -0.2) is 11.5 Å². The number of pyridine rings is 1. The fraction of sp³-hybridized carbons (Fsp3) is 0.500. The lowest BCUT2D eigenvalue weighted by Crippen LogP contribution is -2.26. The summed E-state index contributed by atoms with van der Waals surface area (Å²) >= 11 is 0. The molecule has 0 aliphatic rings. The summed E-state index contributed by atoms with van der Waals surface area (Å²) < 4.78 is 0. The summed E-state index contributed by atoms with van der Waals surface area (Å²) in [5, 5.41) is 1.27. The highest BCUT2D eigenvalue weighted by atomic mass is 14.7. The van der Waals surface area contributed by atoms with Crippen LogP contribution in [0, 0.1) is 12.3 Å². The lowest BCUT2D eigenvalue weighted by atomic mass is 9.87. The average molecular weight is 270 g/mol. The summed E-state index contributed by atoms with van der Waals surface area (Å²) in [5.41, 5.74) is 10.8. The van der Waals surface area contributed by atoms with E-state index in [1.807, 2.05) is 0 Å². The standard InChI is InChI=1S/C18H26N2/c1-12(2)14-6-7-17-16(9-14)13(3)8-15(20-17)10-18(4,5)11-19/h6-9,12H,10-11,19H2,1-5H3. The Morgan fingerprint density at radius 3 is 2.50 bits per heavy atom. The van der Waals surface area contributed by atoms with Crippen LogP contribution >= 0.6 is 0 Å². The maximum absolute atomic E-state index is 5.83. The van der Waals surface area contributed by atoms with E-state index >= 15 is 0 Å². The molecule has 0 radical (unpaired) electrons. The van der Waals surface area contributed by atoms with Gasteiger partial charge in [-0.05, 0) is 60.5 Å². The molecule has 0 amide bonds. The van der Waals surface area contributed by atoms with Gasteiger partial charge < -0.3 is 5.73 Å². The van der Waals surface area contributed by atoms with Crippen LogP contribution in [0.3, 0.4) is 0 Å². The SMILES string of the molecule is Cc1cc(CC(C)(C)CN)nc2ccc(C(C)C)cc12. The Hall–Kier alpha value is -1.41. The predicted octanol–water partition coefficient (Wildman–Crippen LogP) is 4.19. The molecule has 0 saturated carbocycles. The first kappa shape index (κ1) is 15.0. The fourth-order valence-corrected chi connectivity index (χ4v) is 2.49. The van der Waals surface area contributed by atoms with Gasteiger partial charge >= 0.3 is 0 Å². The van der Waals surface area contributed by atoms with Gasteiger partial charge in [-0.2, -0.15) is 0 Å². The van der Waals surface area contributed by atoms with E-state index in [0.29, 0.717) is 12.5 Å². The summed E-state index contributed by atoms with van der Waals surface area (Å²) in [4.78, 5) is 4.81. The van der Waals surface area contributed by atoms with E-state index in [-0.39, 0.29) is 5.41 Å². The second-order valence-corrected chi connectivity index (χ2v) is 6.91. The van der Waals surface area contributed by atoms with Crippen molar-refractivity contribution in [3.63, 3.8) is 0 Å². The van der Waals surface area contributed by atoms with Gasteiger partial charge in [0.15, 0.2) is 0 Å². The fourth-order valence-electron chi connectivity index (χ4n) is 2.49. The van der Waals surface area contributed by atoms with Crippen LogP contribution in [0.15, 0.2) is 24.3 Å². The summed E-state index contributed by atoms with van der Waals surface area (Å²) in [6.45, 7) is 11.7. The van der Waals surface area contributed by atoms with Crippen LogP contribution in [0.5, 0.6) is 0 Å². The Bertz CT molecular complexity index is 612. The molecule has 1 aromatic carbocycles. The van der Waals surface area contributed by atoms with Gasteiger partial charge in [-0.15, -0.1) is 0 Å². The van der Waals surface area contributed by atoms with Gasteiger partial charge in [0.1, 0.15) is 0 Å². The van der Waals surface area contributed by atoms with Gasteiger partial charge in [-0.3, -0.25) is 4.98 Å². The average Bonchev–Trinajstić information content (AvgIpc) is 2.37. The first-order chi connectivity index (χ1) is 9.32. The van der Waals surface area contributed by atoms with Gasteiger partial charge in [-0.1, -0.05) is 33.8 Å². The quantitative estimate of drug-likeness (QED) is 0.904. The number of fused-ring (bicyclic) bond motifs is 1. The lowest BCUT2D eigenvalue weighted by Gasteiger charge is -2.22. The van der Waals surface area contributed by atoms with E-state index in [4.69, 9.17) is 10.7 Å². The van der Waals surface area contributed by atoms with Crippen molar-refractivity contribution in [2.45, 2.75) is 47.0 Å². The van der Waals surface area contributed by atoms with E-state index in [1.165, 1.54) is 16.5 Å². The van der Waals surface area contributed by atoms with E-state index < -0.39 is 0 Å². The van der Waals surface area contributed by atoms with E-state index in [2.05, 4.69) is 58.9 Å². The topological polar surface area (TPSA) is 38.9 Å². The Kier molecular flexibility index (Phi) is 4.14. The van der Waals surface area contributed by atoms with E-state index in [1.54, 1.807) is 0 Å². The van der Waals surface area contributed by atoms with Crippen LogP contribution in [0.1, 0.15) is 50.4 Å². The number of hydrogen-bond acceptors (Lipinski definition) is 2. The number of aromatic nitrogens is 1. The van der Waals surface area contributed by atoms with Crippen molar-refractivity contribution in [1.82, 2.24) is 4.98 Å². The summed E-state index contributed by atoms with van der Waals surface area (Å²) in [6, 6.07) is 8.83. The maximum Gasteiger partial charge on any atom is 0.0708 e. The Morgan fingerprint density at radius 1 is 1.20 bits per heavy atom.